The number of halogens is 1. The molecule has 1 rings (SSSR count). The highest BCUT2D eigenvalue weighted by atomic mass is 35.5. The highest BCUT2D eigenvalue weighted by Crippen LogP contribution is 2.22. The molecular weight excluding hydrogens is 308 g/mol. The Morgan fingerprint density at radius 3 is 2.74 bits per heavy atom. The molecule has 8 heteroatoms. The van der Waals surface area contributed by atoms with Crippen LogP contribution in [0.5, 0.6) is 0 Å². The fourth-order valence-corrected chi connectivity index (χ4v) is 3.71. The number of rotatable bonds is 6. The standard InChI is InChI=1S/C11H17ClN2O3S2/c1-11(15,7-18-2)6-14-19(16,17)10-5-8(12)3-4-9(10)13/h3-5,14-15H,6-7,13H2,1-2H3. The topological polar surface area (TPSA) is 92.4 Å². The molecule has 0 fully saturated rings. The van der Waals surface area contributed by atoms with Gasteiger partial charge in [0.05, 0.1) is 11.3 Å². The van der Waals surface area contributed by atoms with Gasteiger partial charge in [0.1, 0.15) is 4.90 Å². The number of nitrogens with two attached hydrogens (primary N) is 1. The first-order valence-electron chi connectivity index (χ1n) is 5.44. The van der Waals surface area contributed by atoms with Crippen molar-refractivity contribution in [3.8, 4) is 0 Å². The number of thioether (sulfide) groups is 1. The third-order valence-electron chi connectivity index (χ3n) is 2.36. The molecule has 0 saturated heterocycles. The lowest BCUT2D eigenvalue weighted by atomic mass is 10.1. The normalized spacial score (nSPS) is 15.2. The van der Waals surface area contributed by atoms with E-state index < -0.39 is 15.6 Å². The quantitative estimate of drug-likeness (QED) is 0.686. The van der Waals surface area contributed by atoms with Gasteiger partial charge in [0.15, 0.2) is 0 Å². The fraction of sp³-hybridized carbons (Fsp3) is 0.455. The SMILES string of the molecule is CSCC(C)(O)CNS(=O)(=O)c1cc(Cl)ccc1N. The number of anilines is 1. The minimum Gasteiger partial charge on any atom is -0.398 e. The van der Waals surface area contributed by atoms with Gasteiger partial charge in [0.25, 0.3) is 0 Å². The Morgan fingerprint density at radius 2 is 2.16 bits per heavy atom. The fourth-order valence-electron chi connectivity index (χ4n) is 1.43. The molecule has 0 aliphatic heterocycles. The van der Waals surface area contributed by atoms with E-state index in [4.69, 9.17) is 17.3 Å². The van der Waals surface area contributed by atoms with E-state index in [1.54, 1.807) is 6.92 Å². The van der Waals surface area contributed by atoms with Crippen molar-refractivity contribution < 1.29 is 13.5 Å². The lowest BCUT2D eigenvalue weighted by Gasteiger charge is -2.22. The highest BCUT2D eigenvalue weighted by Gasteiger charge is 2.25. The molecule has 0 aromatic heterocycles. The van der Waals surface area contributed by atoms with Gasteiger partial charge in [-0.2, -0.15) is 11.8 Å². The Labute approximate surface area is 122 Å². The highest BCUT2D eigenvalue weighted by molar-refractivity contribution is 7.98. The van der Waals surface area contributed by atoms with Crippen molar-refractivity contribution >= 4 is 39.1 Å². The summed E-state index contributed by atoms with van der Waals surface area (Å²) in [7, 11) is -3.79. The number of aliphatic hydroxyl groups is 1. The van der Waals surface area contributed by atoms with Crippen LogP contribution in [0.1, 0.15) is 6.92 Å². The Kier molecular flexibility index (Phi) is 5.52. The molecule has 0 radical (unpaired) electrons. The predicted molar refractivity (Wildman–Crippen MR) is 80.1 cm³/mol. The van der Waals surface area contributed by atoms with E-state index in [1.165, 1.54) is 30.0 Å². The minimum atomic E-state index is -3.79. The molecule has 1 atom stereocenters. The van der Waals surface area contributed by atoms with Gasteiger partial charge in [-0.05, 0) is 31.4 Å². The van der Waals surface area contributed by atoms with E-state index in [2.05, 4.69) is 4.72 Å². The van der Waals surface area contributed by atoms with Crippen molar-refractivity contribution in [2.75, 3.05) is 24.3 Å². The first-order valence-corrected chi connectivity index (χ1v) is 8.69. The van der Waals surface area contributed by atoms with E-state index in [0.717, 1.165) is 0 Å². The van der Waals surface area contributed by atoms with Crippen LogP contribution in [0.15, 0.2) is 23.1 Å². The van der Waals surface area contributed by atoms with Crippen LogP contribution in [0.3, 0.4) is 0 Å². The first-order chi connectivity index (χ1) is 8.68. The van der Waals surface area contributed by atoms with E-state index >= 15 is 0 Å². The molecule has 0 aliphatic carbocycles. The van der Waals surface area contributed by atoms with Crippen LogP contribution < -0.4 is 10.5 Å². The molecule has 108 valence electrons. The van der Waals surface area contributed by atoms with Crippen molar-refractivity contribution in [3.63, 3.8) is 0 Å². The van der Waals surface area contributed by atoms with Crippen LogP contribution in [0.2, 0.25) is 5.02 Å². The molecule has 1 aromatic carbocycles. The zero-order chi connectivity index (χ0) is 14.7. The van der Waals surface area contributed by atoms with E-state index in [9.17, 15) is 13.5 Å². The summed E-state index contributed by atoms with van der Waals surface area (Å²) in [5.74, 6) is 0.417. The zero-order valence-corrected chi connectivity index (χ0v) is 13.1. The number of hydrogen-bond acceptors (Lipinski definition) is 5. The molecule has 4 N–H and O–H groups in total. The Morgan fingerprint density at radius 1 is 1.53 bits per heavy atom. The second kappa shape index (κ2) is 6.32. The summed E-state index contributed by atoms with van der Waals surface area (Å²) in [4.78, 5) is -0.0834. The largest absolute Gasteiger partial charge is 0.398 e. The number of nitrogens with one attached hydrogen (secondary N) is 1. The summed E-state index contributed by atoms with van der Waals surface area (Å²) in [6, 6.07) is 4.22. The van der Waals surface area contributed by atoms with Crippen LogP contribution in [0, 0.1) is 0 Å². The van der Waals surface area contributed by atoms with Crippen molar-refractivity contribution in [1.82, 2.24) is 4.72 Å². The van der Waals surface area contributed by atoms with Crippen LogP contribution in [0.25, 0.3) is 0 Å². The smallest absolute Gasteiger partial charge is 0.242 e. The maximum Gasteiger partial charge on any atom is 0.242 e. The van der Waals surface area contributed by atoms with E-state index in [-0.39, 0.29) is 22.2 Å². The Bertz CT molecular complexity index is 547. The van der Waals surface area contributed by atoms with Crippen molar-refractivity contribution in [2.45, 2.75) is 17.4 Å². The first kappa shape index (κ1) is 16.6. The van der Waals surface area contributed by atoms with Crippen LogP contribution >= 0.6 is 23.4 Å². The minimum absolute atomic E-state index is 0.0834. The van der Waals surface area contributed by atoms with Crippen molar-refractivity contribution in [1.29, 1.82) is 0 Å². The van der Waals surface area contributed by atoms with Crippen LogP contribution in [-0.4, -0.2) is 37.7 Å². The molecule has 5 nitrogen and oxygen atoms in total. The van der Waals surface area contributed by atoms with Gasteiger partial charge in [-0.15, -0.1) is 0 Å². The molecule has 0 saturated carbocycles. The van der Waals surface area contributed by atoms with Gasteiger partial charge in [-0.3, -0.25) is 0 Å². The summed E-state index contributed by atoms with van der Waals surface area (Å²) in [6.07, 6.45) is 1.83. The van der Waals surface area contributed by atoms with Crippen LogP contribution in [-0.2, 0) is 10.0 Å². The lowest BCUT2D eigenvalue weighted by Crippen LogP contribution is -2.42. The van der Waals surface area contributed by atoms with Gasteiger partial charge >= 0.3 is 0 Å². The molecule has 0 bridgehead atoms. The molecule has 0 heterocycles. The summed E-state index contributed by atoms with van der Waals surface area (Å²) in [6.45, 7) is 1.47. The average molecular weight is 325 g/mol. The van der Waals surface area contributed by atoms with Gasteiger partial charge in [-0.1, -0.05) is 11.6 Å². The lowest BCUT2D eigenvalue weighted by molar-refractivity contribution is 0.0908. The molecule has 0 amide bonds. The van der Waals surface area contributed by atoms with Gasteiger partial charge in [0.2, 0.25) is 10.0 Å². The molecule has 19 heavy (non-hydrogen) atoms. The summed E-state index contributed by atoms with van der Waals surface area (Å²) in [5.41, 5.74) is 4.62. The second-order valence-corrected chi connectivity index (χ2v) is 7.47. The maximum atomic E-state index is 12.1. The molecular formula is C11H17ClN2O3S2. The van der Waals surface area contributed by atoms with Crippen LogP contribution in [0.4, 0.5) is 5.69 Å². The molecule has 0 aliphatic rings. The number of benzene rings is 1. The second-order valence-electron chi connectivity index (χ2n) is 4.44. The monoisotopic (exact) mass is 324 g/mol. The molecule has 1 aromatic rings. The van der Waals surface area contributed by atoms with Crippen molar-refractivity contribution in [2.24, 2.45) is 0 Å². The van der Waals surface area contributed by atoms with E-state index in [1.807, 2.05) is 6.26 Å². The molecule has 0 spiro atoms. The van der Waals surface area contributed by atoms with Gasteiger partial charge in [-0.25, -0.2) is 13.1 Å². The number of sulfonamides is 1. The van der Waals surface area contributed by atoms with E-state index in [0.29, 0.717) is 5.75 Å². The summed E-state index contributed by atoms with van der Waals surface area (Å²) < 4.78 is 26.5. The van der Waals surface area contributed by atoms with Crippen molar-refractivity contribution in [3.05, 3.63) is 23.2 Å². The summed E-state index contributed by atoms with van der Waals surface area (Å²) >= 11 is 7.19. The van der Waals surface area contributed by atoms with Gasteiger partial charge in [0, 0.05) is 17.3 Å². The summed E-state index contributed by atoms with van der Waals surface area (Å²) in [5, 5.41) is 10.2. The predicted octanol–water partition coefficient (Wildman–Crippen LogP) is 1.31. The average Bonchev–Trinajstić information content (AvgIpc) is 2.30. The third-order valence-corrected chi connectivity index (χ3v) is 4.97. The number of nitrogen functional groups attached to an aromatic ring is 1. The Balaban J connectivity index is 2.90. The van der Waals surface area contributed by atoms with Gasteiger partial charge < -0.3 is 10.8 Å². The molecule has 1 unspecified atom stereocenters. The zero-order valence-electron chi connectivity index (χ0n) is 10.7. The Hall–Kier alpha value is -0.470. The number of hydrogen-bond donors (Lipinski definition) is 3. The third kappa shape index (κ3) is 4.85. The maximum absolute atomic E-state index is 12.1.